The summed E-state index contributed by atoms with van der Waals surface area (Å²) in [5, 5.41) is 5.78. The molecule has 2 N–H and O–H groups in total. The highest BCUT2D eigenvalue weighted by molar-refractivity contribution is 7.89. The van der Waals surface area contributed by atoms with Gasteiger partial charge in [-0.05, 0) is 18.4 Å². The van der Waals surface area contributed by atoms with Gasteiger partial charge >= 0.3 is 5.97 Å². The molecule has 0 radical (unpaired) electrons. The molecule has 1 unspecified atom stereocenters. The van der Waals surface area contributed by atoms with Gasteiger partial charge in [-0.15, -0.1) is 11.3 Å². The summed E-state index contributed by atoms with van der Waals surface area (Å²) < 4.78 is 27.6. The first kappa shape index (κ1) is 14.9. The summed E-state index contributed by atoms with van der Waals surface area (Å²) in [6, 6.07) is 1.60. The maximum Gasteiger partial charge on any atom is 0.350 e. The minimum atomic E-state index is -3.78. The molecule has 1 amide bonds. The van der Waals surface area contributed by atoms with Crippen LogP contribution in [-0.4, -0.2) is 38.7 Å². The fraction of sp³-hybridized carbons (Fsp3) is 0.455. The van der Waals surface area contributed by atoms with Crippen molar-refractivity contribution in [3.8, 4) is 0 Å². The van der Waals surface area contributed by atoms with Gasteiger partial charge in [0.25, 0.3) is 0 Å². The van der Waals surface area contributed by atoms with E-state index in [1.165, 1.54) is 4.90 Å². The average molecular weight is 318 g/mol. The Bertz CT molecular complexity index is 637. The molecule has 0 spiro atoms. The number of rotatable bonds is 4. The van der Waals surface area contributed by atoms with Crippen LogP contribution in [0.15, 0.2) is 11.4 Å². The third-order valence-electron chi connectivity index (χ3n) is 2.95. The Balaban J connectivity index is 2.28. The van der Waals surface area contributed by atoms with Gasteiger partial charge in [-0.25, -0.2) is 18.4 Å². The van der Waals surface area contributed by atoms with Crippen molar-refractivity contribution >= 4 is 38.9 Å². The number of sulfonamides is 1. The molecule has 9 heteroatoms. The van der Waals surface area contributed by atoms with E-state index in [4.69, 9.17) is 9.88 Å². The number of carbonyl (C=O) groups excluding carboxylic acids is 2. The van der Waals surface area contributed by atoms with Gasteiger partial charge in [0.05, 0.1) is 12.3 Å². The molecule has 1 atom stereocenters. The number of ether oxygens (including phenoxy) is 1. The van der Waals surface area contributed by atoms with Crippen molar-refractivity contribution in [2.24, 2.45) is 5.14 Å². The topological polar surface area (TPSA) is 107 Å². The van der Waals surface area contributed by atoms with Crippen molar-refractivity contribution in [3.05, 3.63) is 16.3 Å². The molecule has 0 aliphatic carbocycles. The fourth-order valence-corrected chi connectivity index (χ4v) is 3.51. The Morgan fingerprint density at radius 2 is 2.30 bits per heavy atom. The van der Waals surface area contributed by atoms with Crippen molar-refractivity contribution < 1.29 is 22.7 Å². The van der Waals surface area contributed by atoms with Gasteiger partial charge in [-0.2, -0.15) is 0 Å². The molecule has 1 aliphatic rings. The maximum absolute atomic E-state index is 11.9. The van der Waals surface area contributed by atoms with E-state index in [2.05, 4.69) is 0 Å². The predicted molar refractivity (Wildman–Crippen MR) is 74.1 cm³/mol. The quantitative estimate of drug-likeness (QED) is 0.805. The van der Waals surface area contributed by atoms with Crippen LogP contribution >= 0.6 is 11.3 Å². The number of hydrogen-bond donors (Lipinski definition) is 1. The second-order valence-corrected chi connectivity index (χ2v) is 7.04. The number of nitrogens with zero attached hydrogens (tertiary/aromatic N) is 1. The van der Waals surface area contributed by atoms with Gasteiger partial charge in [0, 0.05) is 13.0 Å². The molecular weight excluding hydrogens is 304 g/mol. The SMILES string of the molecule is CCOC(=O)c1sccc1N1CC(S(N)(=O)=O)CC1=O. The zero-order chi connectivity index (χ0) is 14.9. The third kappa shape index (κ3) is 2.84. The lowest BCUT2D eigenvalue weighted by atomic mass is 10.3. The molecule has 1 fully saturated rings. The van der Waals surface area contributed by atoms with Crippen LogP contribution in [0.25, 0.3) is 0 Å². The first-order valence-electron chi connectivity index (χ1n) is 5.91. The Morgan fingerprint density at radius 1 is 1.60 bits per heavy atom. The lowest BCUT2D eigenvalue weighted by Gasteiger charge is -2.16. The summed E-state index contributed by atoms with van der Waals surface area (Å²) in [5.74, 6) is -0.891. The molecule has 110 valence electrons. The highest BCUT2D eigenvalue weighted by Crippen LogP contribution is 2.31. The number of thiophene rings is 1. The van der Waals surface area contributed by atoms with Crippen LogP contribution in [0.1, 0.15) is 23.0 Å². The number of nitrogens with two attached hydrogens (primary N) is 1. The number of anilines is 1. The molecule has 0 aromatic carbocycles. The fourth-order valence-electron chi connectivity index (χ4n) is 1.99. The molecule has 1 aliphatic heterocycles. The largest absolute Gasteiger partial charge is 0.462 e. The number of amides is 1. The lowest BCUT2D eigenvalue weighted by Crippen LogP contribution is -2.32. The second-order valence-electron chi connectivity index (χ2n) is 4.27. The first-order chi connectivity index (χ1) is 9.34. The van der Waals surface area contributed by atoms with Crippen molar-refractivity contribution in [2.45, 2.75) is 18.6 Å². The molecule has 7 nitrogen and oxygen atoms in total. The van der Waals surface area contributed by atoms with Crippen LogP contribution in [0.5, 0.6) is 0 Å². The van der Waals surface area contributed by atoms with Crippen LogP contribution in [-0.2, 0) is 19.6 Å². The predicted octanol–water partition coefficient (Wildman–Crippen LogP) is 0.319. The van der Waals surface area contributed by atoms with Crippen LogP contribution in [0.3, 0.4) is 0 Å². The van der Waals surface area contributed by atoms with Crippen molar-refractivity contribution in [2.75, 3.05) is 18.1 Å². The summed E-state index contributed by atoms with van der Waals surface area (Å²) in [5.41, 5.74) is 0.379. The molecule has 1 saturated heterocycles. The highest BCUT2D eigenvalue weighted by atomic mass is 32.2. The molecule has 2 heterocycles. The van der Waals surface area contributed by atoms with Crippen LogP contribution in [0, 0.1) is 0 Å². The Labute approximate surface area is 120 Å². The summed E-state index contributed by atoms with van der Waals surface area (Å²) >= 11 is 1.15. The van der Waals surface area contributed by atoms with E-state index < -0.39 is 21.2 Å². The minimum absolute atomic E-state index is 0.0409. The highest BCUT2D eigenvalue weighted by Gasteiger charge is 2.38. The molecule has 2 rings (SSSR count). The number of hydrogen-bond acceptors (Lipinski definition) is 6. The lowest BCUT2D eigenvalue weighted by molar-refractivity contribution is -0.117. The summed E-state index contributed by atoms with van der Waals surface area (Å²) in [6.45, 7) is 1.87. The van der Waals surface area contributed by atoms with Gasteiger partial charge in [-0.3, -0.25) is 4.79 Å². The van der Waals surface area contributed by atoms with Gasteiger partial charge in [0.2, 0.25) is 15.9 Å². The zero-order valence-corrected chi connectivity index (χ0v) is 12.4. The number of primary sulfonamides is 1. The Hall–Kier alpha value is -1.45. The van der Waals surface area contributed by atoms with E-state index in [0.29, 0.717) is 5.69 Å². The van der Waals surface area contributed by atoms with E-state index in [-0.39, 0.29) is 30.4 Å². The monoisotopic (exact) mass is 318 g/mol. The van der Waals surface area contributed by atoms with Gasteiger partial charge in [0.1, 0.15) is 10.1 Å². The van der Waals surface area contributed by atoms with E-state index in [9.17, 15) is 18.0 Å². The zero-order valence-electron chi connectivity index (χ0n) is 10.7. The maximum atomic E-state index is 11.9. The first-order valence-corrected chi connectivity index (χ1v) is 8.40. The van der Waals surface area contributed by atoms with Gasteiger partial charge in [0.15, 0.2) is 0 Å². The van der Waals surface area contributed by atoms with Crippen LogP contribution < -0.4 is 10.0 Å². The van der Waals surface area contributed by atoms with Gasteiger partial charge in [-0.1, -0.05) is 0 Å². The van der Waals surface area contributed by atoms with E-state index in [1.807, 2.05) is 0 Å². The molecule has 20 heavy (non-hydrogen) atoms. The number of esters is 1. The molecule has 0 bridgehead atoms. The average Bonchev–Trinajstić information content (AvgIpc) is 2.94. The van der Waals surface area contributed by atoms with E-state index >= 15 is 0 Å². The summed E-state index contributed by atoms with van der Waals surface area (Å²) in [4.78, 5) is 25.3. The van der Waals surface area contributed by atoms with Gasteiger partial charge < -0.3 is 9.64 Å². The Kier molecular flexibility index (Phi) is 4.11. The third-order valence-corrected chi connectivity index (χ3v) is 5.08. The summed E-state index contributed by atoms with van der Waals surface area (Å²) in [7, 11) is -3.78. The molecule has 1 aromatic rings. The Morgan fingerprint density at radius 3 is 2.85 bits per heavy atom. The normalized spacial score (nSPS) is 19.4. The van der Waals surface area contributed by atoms with Crippen molar-refractivity contribution in [1.82, 2.24) is 0 Å². The van der Waals surface area contributed by atoms with Crippen LogP contribution in [0.4, 0.5) is 5.69 Å². The number of carbonyl (C=O) groups is 2. The molecule has 1 aromatic heterocycles. The standard InChI is InChI=1S/C11H14N2O5S2/c1-2-18-11(15)10-8(3-4-19-10)13-6-7(5-9(13)14)20(12,16)17/h3-4,7H,2,5-6H2,1H3,(H2,12,16,17). The smallest absolute Gasteiger partial charge is 0.350 e. The van der Waals surface area contributed by atoms with E-state index in [1.54, 1.807) is 18.4 Å². The molecular formula is C11H14N2O5S2. The van der Waals surface area contributed by atoms with Crippen molar-refractivity contribution in [1.29, 1.82) is 0 Å². The van der Waals surface area contributed by atoms with E-state index in [0.717, 1.165) is 11.3 Å². The molecule has 0 saturated carbocycles. The summed E-state index contributed by atoms with van der Waals surface area (Å²) in [6.07, 6.45) is -0.170. The minimum Gasteiger partial charge on any atom is -0.462 e. The second kappa shape index (κ2) is 5.51. The van der Waals surface area contributed by atoms with Crippen LogP contribution in [0.2, 0.25) is 0 Å². The van der Waals surface area contributed by atoms with Crippen molar-refractivity contribution in [3.63, 3.8) is 0 Å².